The summed E-state index contributed by atoms with van der Waals surface area (Å²) in [4.78, 5) is 4.58. The second-order valence-corrected chi connectivity index (χ2v) is 3.81. The lowest BCUT2D eigenvalue weighted by atomic mass is 10.3. The predicted octanol–water partition coefficient (Wildman–Crippen LogP) is 1.93. The Balaban J connectivity index is 0. The molecule has 0 aliphatic carbocycles. The van der Waals surface area contributed by atoms with Crippen LogP contribution in [0, 0.1) is 0 Å². The van der Waals surface area contributed by atoms with Crippen LogP contribution in [0.4, 0.5) is 0 Å². The van der Waals surface area contributed by atoms with Crippen molar-refractivity contribution in [2.24, 2.45) is 0 Å². The SMILES string of the molecule is CC.COCCCCN(C)CCN(C)C. The van der Waals surface area contributed by atoms with Crippen LogP contribution in [0.3, 0.4) is 0 Å². The molecule has 0 rings (SSSR count). The molecule has 0 aromatic carbocycles. The Labute approximate surface area is 96.4 Å². The molecule has 0 unspecified atom stereocenters. The minimum atomic E-state index is 0.890. The van der Waals surface area contributed by atoms with Gasteiger partial charge in [0.1, 0.15) is 0 Å². The first-order valence-corrected chi connectivity index (χ1v) is 5.99. The van der Waals surface area contributed by atoms with Gasteiger partial charge in [0, 0.05) is 26.8 Å². The molecule has 0 amide bonds. The molecule has 0 aromatic heterocycles. The Morgan fingerprint density at radius 2 is 1.47 bits per heavy atom. The molecular formula is C12H30N2O. The van der Waals surface area contributed by atoms with Crippen molar-refractivity contribution in [2.45, 2.75) is 26.7 Å². The number of hydrogen-bond donors (Lipinski definition) is 0. The lowest BCUT2D eigenvalue weighted by Gasteiger charge is -2.18. The minimum Gasteiger partial charge on any atom is -0.385 e. The third-order valence-corrected chi connectivity index (χ3v) is 2.07. The first-order chi connectivity index (χ1) is 7.16. The third kappa shape index (κ3) is 16.5. The second-order valence-electron chi connectivity index (χ2n) is 3.81. The van der Waals surface area contributed by atoms with Crippen LogP contribution in [-0.4, -0.2) is 64.3 Å². The monoisotopic (exact) mass is 218 g/mol. The molecule has 94 valence electrons. The van der Waals surface area contributed by atoms with Gasteiger partial charge in [0.25, 0.3) is 0 Å². The summed E-state index contributed by atoms with van der Waals surface area (Å²) in [5.41, 5.74) is 0. The topological polar surface area (TPSA) is 15.7 Å². The number of hydrogen-bond acceptors (Lipinski definition) is 3. The van der Waals surface area contributed by atoms with E-state index in [-0.39, 0.29) is 0 Å². The Kier molecular flexibility index (Phi) is 16.0. The van der Waals surface area contributed by atoms with E-state index < -0.39 is 0 Å². The van der Waals surface area contributed by atoms with E-state index in [2.05, 4.69) is 30.9 Å². The zero-order chi connectivity index (χ0) is 12.1. The van der Waals surface area contributed by atoms with Crippen molar-refractivity contribution in [3.8, 4) is 0 Å². The summed E-state index contributed by atoms with van der Waals surface area (Å²) in [6, 6.07) is 0. The van der Waals surface area contributed by atoms with Crippen molar-refractivity contribution in [3.05, 3.63) is 0 Å². The molecule has 15 heavy (non-hydrogen) atoms. The van der Waals surface area contributed by atoms with Crippen LogP contribution in [0.1, 0.15) is 26.7 Å². The Hall–Kier alpha value is -0.120. The average Bonchev–Trinajstić information content (AvgIpc) is 2.24. The van der Waals surface area contributed by atoms with Crippen LogP contribution in [-0.2, 0) is 4.74 Å². The average molecular weight is 218 g/mol. The van der Waals surface area contributed by atoms with Crippen molar-refractivity contribution in [3.63, 3.8) is 0 Å². The smallest absolute Gasteiger partial charge is 0.0462 e. The Bertz CT molecular complexity index is 108. The molecule has 0 aliphatic rings. The summed E-state index contributed by atoms with van der Waals surface area (Å²) in [7, 11) is 8.16. The molecule has 0 saturated heterocycles. The lowest BCUT2D eigenvalue weighted by molar-refractivity contribution is 0.186. The van der Waals surface area contributed by atoms with Gasteiger partial charge in [0.15, 0.2) is 0 Å². The van der Waals surface area contributed by atoms with Crippen molar-refractivity contribution in [2.75, 3.05) is 54.5 Å². The highest BCUT2D eigenvalue weighted by molar-refractivity contribution is 4.54. The highest BCUT2D eigenvalue weighted by Crippen LogP contribution is 1.93. The second kappa shape index (κ2) is 13.9. The van der Waals surface area contributed by atoms with Crippen molar-refractivity contribution >= 4 is 0 Å². The van der Waals surface area contributed by atoms with E-state index in [1.807, 2.05) is 13.8 Å². The van der Waals surface area contributed by atoms with Crippen LogP contribution in [0.5, 0.6) is 0 Å². The molecule has 3 heteroatoms. The molecule has 0 bridgehead atoms. The molecule has 0 fully saturated rings. The molecule has 0 N–H and O–H groups in total. The fourth-order valence-electron chi connectivity index (χ4n) is 1.11. The van der Waals surface area contributed by atoms with Crippen LogP contribution < -0.4 is 0 Å². The van der Waals surface area contributed by atoms with Gasteiger partial charge in [-0.25, -0.2) is 0 Å². The fourth-order valence-corrected chi connectivity index (χ4v) is 1.11. The number of unbranched alkanes of at least 4 members (excludes halogenated alkanes) is 1. The van der Waals surface area contributed by atoms with Crippen LogP contribution >= 0.6 is 0 Å². The van der Waals surface area contributed by atoms with Gasteiger partial charge in [-0.1, -0.05) is 13.8 Å². The first kappa shape index (κ1) is 17.3. The van der Waals surface area contributed by atoms with E-state index in [4.69, 9.17) is 4.74 Å². The molecule has 0 aromatic rings. The van der Waals surface area contributed by atoms with E-state index in [0.29, 0.717) is 0 Å². The summed E-state index contributed by atoms with van der Waals surface area (Å²) in [6.45, 7) is 8.36. The summed E-state index contributed by atoms with van der Waals surface area (Å²) in [5, 5.41) is 0. The van der Waals surface area contributed by atoms with Gasteiger partial charge in [0.05, 0.1) is 0 Å². The largest absolute Gasteiger partial charge is 0.385 e. The van der Waals surface area contributed by atoms with Gasteiger partial charge in [-0.2, -0.15) is 0 Å². The van der Waals surface area contributed by atoms with Crippen molar-refractivity contribution in [1.82, 2.24) is 9.80 Å². The number of ether oxygens (including phenoxy) is 1. The van der Waals surface area contributed by atoms with E-state index in [9.17, 15) is 0 Å². The third-order valence-electron chi connectivity index (χ3n) is 2.07. The zero-order valence-corrected chi connectivity index (χ0v) is 11.5. The minimum absolute atomic E-state index is 0.890. The van der Waals surface area contributed by atoms with Gasteiger partial charge >= 0.3 is 0 Å². The van der Waals surface area contributed by atoms with Gasteiger partial charge in [-0.05, 0) is 40.5 Å². The van der Waals surface area contributed by atoms with E-state index in [1.54, 1.807) is 7.11 Å². The van der Waals surface area contributed by atoms with Crippen LogP contribution in [0.2, 0.25) is 0 Å². The zero-order valence-electron chi connectivity index (χ0n) is 11.5. The maximum absolute atomic E-state index is 5.00. The molecule has 0 saturated carbocycles. The molecule has 3 nitrogen and oxygen atoms in total. The van der Waals surface area contributed by atoms with E-state index in [0.717, 1.165) is 19.7 Å². The highest BCUT2D eigenvalue weighted by Gasteiger charge is 1.98. The maximum atomic E-state index is 5.00. The summed E-state index contributed by atoms with van der Waals surface area (Å²) in [6.07, 6.45) is 2.40. The first-order valence-electron chi connectivity index (χ1n) is 5.99. The number of methoxy groups -OCH3 is 1. The highest BCUT2D eigenvalue weighted by atomic mass is 16.5. The standard InChI is InChI=1S/C10H24N2O.C2H6/c1-11(2)8-9-12(3)7-5-6-10-13-4;1-2/h5-10H2,1-4H3;1-2H3. The summed E-state index contributed by atoms with van der Waals surface area (Å²) >= 11 is 0. The van der Waals surface area contributed by atoms with Crippen molar-refractivity contribution in [1.29, 1.82) is 0 Å². The molecule has 0 heterocycles. The Morgan fingerprint density at radius 1 is 0.867 bits per heavy atom. The number of rotatable bonds is 8. The normalized spacial score (nSPS) is 10.4. The van der Waals surface area contributed by atoms with Crippen LogP contribution in [0.25, 0.3) is 0 Å². The van der Waals surface area contributed by atoms with Gasteiger partial charge in [0.2, 0.25) is 0 Å². The van der Waals surface area contributed by atoms with Gasteiger partial charge in [-0.3, -0.25) is 0 Å². The van der Waals surface area contributed by atoms with Gasteiger partial charge < -0.3 is 14.5 Å². The fraction of sp³-hybridized carbons (Fsp3) is 1.00. The molecule has 0 atom stereocenters. The molecule has 0 spiro atoms. The summed E-state index contributed by atoms with van der Waals surface area (Å²) in [5.74, 6) is 0. The molecular weight excluding hydrogens is 188 g/mol. The lowest BCUT2D eigenvalue weighted by Crippen LogP contribution is -2.29. The maximum Gasteiger partial charge on any atom is 0.0462 e. The number of nitrogens with zero attached hydrogens (tertiary/aromatic N) is 2. The predicted molar refractivity (Wildman–Crippen MR) is 68.5 cm³/mol. The summed E-state index contributed by atoms with van der Waals surface area (Å²) < 4.78 is 5.00. The molecule has 0 radical (unpaired) electrons. The van der Waals surface area contributed by atoms with E-state index >= 15 is 0 Å². The quantitative estimate of drug-likeness (QED) is 0.579. The van der Waals surface area contributed by atoms with Crippen LogP contribution in [0.15, 0.2) is 0 Å². The van der Waals surface area contributed by atoms with E-state index in [1.165, 1.54) is 19.4 Å². The Morgan fingerprint density at radius 3 is 1.93 bits per heavy atom. The number of likely N-dealkylation sites (N-methyl/N-ethyl adjacent to an activating group) is 2. The van der Waals surface area contributed by atoms with Gasteiger partial charge in [-0.15, -0.1) is 0 Å². The molecule has 0 aliphatic heterocycles. The van der Waals surface area contributed by atoms with Crippen molar-refractivity contribution < 1.29 is 4.74 Å².